The number of hydrogen-bond donors (Lipinski definition) is 0. The second-order valence-corrected chi connectivity index (χ2v) is 14.7. The summed E-state index contributed by atoms with van der Waals surface area (Å²) >= 11 is 0. The van der Waals surface area contributed by atoms with E-state index in [0.29, 0.717) is 6.04 Å². The molecule has 0 radical (unpaired) electrons. The van der Waals surface area contributed by atoms with E-state index < -0.39 is 0 Å². The summed E-state index contributed by atoms with van der Waals surface area (Å²) < 4.78 is 6.32. The predicted molar refractivity (Wildman–Crippen MR) is 211 cm³/mol. The lowest BCUT2D eigenvalue weighted by molar-refractivity contribution is -0.158. The fourth-order valence-corrected chi connectivity index (χ4v) is 6.99. The molecule has 0 amide bonds. The SMILES string of the molecule is CC/C=C\C/C=C\CC#CCCCCCCCCC(CCCCCCCC/C=C\CCCCCCC)OC(=O)C1CCCCC1N(C)C. The van der Waals surface area contributed by atoms with Crippen LogP contribution in [0, 0.1) is 17.8 Å². The molecule has 1 fully saturated rings. The van der Waals surface area contributed by atoms with Gasteiger partial charge in [-0.15, -0.1) is 5.92 Å². The molecule has 48 heavy (non-hydrogen) atoms. The Balaban J connectivity index is 2.28. The van der Waals surface area contributed by atoms with Crippen LogP contribution >= 0.6 is 0 Å². The third kappa shape index (κ3) is 26.1. The van der Waals surface area contributed by atoms with Gasteiger partial charge in [-0.25, -0.2) is 0 Å². The Morgan fingerprint density at radius 1 is 0.667 bits per heavy atom. The minimum atomic E-state index is 0.0495. The molecule has 0 aliphatic heterocycles. The lowest BCUT2D eigenvalue weighted by Gasteiger charge is -2.35. The highest BCUT2D eigenvalue weighted by Crippen LogP contribution is 2.29. The number of ether oxygens (including phenoxy) is 1. The van der Waals surface area contributed by atoms with Crippen molar-refractivity contribution in [2.24, 2.45) is 5.92 Å². The van der Waals surface area contributed by atoms with Gasteiger partial charge in [-0.05, 0) is 97.6 Å². The van der Waals surface area contributed by atoms with Gasteiger partial charge in [-0.3, -0.25) is 4.79 Å². The third-order valence-electron chi connectivity index (χ3n) is 10.0. The van der Waals surface area contributed by atoms with E-state index in [2.05, 4.69) is 81.1 Å². The van der Waals surface area contributed by atoms with Crippen LogP contribution in [-0.2, 0) is 9.53 Å². The fourth-order valence-electron chi connectivity index (χ4n) is 6.99. The topological polar surface area (TPSA) is 29.5 Å². The Morgan fingerprint density at radius 3 is 1.85 bits per heavy atom. The van der Waals surface area contributed by atoms with E-state index in [4.69, 9.17) is 4.74 Å². The zero-order valence-corrected chi connectivity index (χ0v) is 32.5. The molecule has 0 spiro atoms. The average molecular weight is 666 g/mol. The van der Waals surface area contributed by atoms with E-state index in [-0.39, 0.29) is 18.0 Å². The summed E-state index contributed by atoms with van der Waals surface area (Å²) in [5.74, 6) is 6.76. The monoisotopic (exact) mass is 666 g/mol. The van der Waals surface area contributed by atoms with Crippen LogP contribution in [0.1, 0.15) is 200 Å². The molecule has 0 N–H and O–H groups in total. The Labute approximate surface area is 300 Å². The van der Waals surface area contributed by atoms with Crippen molar-refractivity contribution in [3.05, 3.63) is 36.5 Å². The van der Waals surface area contributed by atoms with Crippen molar-refractivity contribution in [3.8, 4) is 11.8 Å². The minimum absolute atomic E-state index is 0.0495. The highest BCUT2D eigenvalue weighted by atomic mass is 16.5. The number of carbonyl (C=O) groups excluding carboxylic acids is 1. The van der Waals surface area contributed by atoms with Gasteiger partial charge in [0.2, 0.25) is 0 Å². The molecule has 1 saturated carbocycles. The molecule has 276 valence electrons. The van der Waals surface area contributed by atoms with Crippen LogP contribution in [0.15, 0.2) is 36.5 Å². The van der Waals surface area contributed by atoms with Gasteiger partial charge in [0.05, 0.1) is 5.92 Å². The van der Waals surface area contributed by atoms with E-state index in [1.807, 2.05) is 0 Å². The zero-order valence-electron chi connectivity index (χ0n) is 32.5. The lowest BCUT2D eigenvalue weighted by atomic mass is 9.84. The molecule has 3 nitrogen and oxygen atoms in total. The predicted octanol–water partition coefficient (Wildman–Crippen LogP) is 13.5. The van der Waals surface area contributed by atoms with Crippen molar-refractivity contribution < 1.29 is 9.53 Å². The fraction of sp³-hybridized carbons (Fsp3) is 0.800. The minimum Gasteiger partial charge on any atom is -0.462 e. The molecule has 0 heterocycles. The van der Waals surface area contributed by atoms with Gasteiger partial charge in [-0.2, -0.15) is 0 Å². The highest BCUT2D eigenvalue weighted by molar-refractivity contribution is 5.73. The number of hydrogen-bond acceptors (Lipinski definition) is 3. The Hall–Kier alpha value is -1.79. The summed E-state index contributed by atoms with van der Waals surface area (Å²) in [7, 11) is 4.25. The van der Waals surface area contributed by atoms with Crippen molar-refractivity contribution in [2.75, 3.05) is 14.1 Å². The van der Waals surface area contributed by atoms with Crippen LogP contribution in [0.3, 0.4) is 0 Å². The van der Waals surface area contributed by atoms with Crippen molar-refractivity contribution in [1.82, 2.24) is 4.90 Å². The maximum atomic E-state index is 13.4. The quantitative estimate of drug-likeness (QED) is 0.0331. The molecule has 1 aliphatic carbocycles. The van der Waals surface area contributed by atoms with E-state index in [0.717, 1.165) is 57.8 Å². The maximum absolute atomic E-state index is 13.4. The first-order chi connectivity index (χ1) is 23.6. The van der Waals surface area contributed by atoms with E-state index in [9.17, 15) is 4.79 Å². The summed E-state index contributed by atoms with van der Waals surface area (Å²) in [5.41, 5.74) is 0. The molecule has 1 rings (SSSR count). The molecule has 0 saturated heterocycles. The second-order valence-electron chi connectivity index (χ2n) is 14.7. The van der Waals surface area contributed by atoms with Crippen molar-refractivity contribution in [2.45, 2.75) is 212 Å². The third-order valence-corrected chi connectivity index (χ3v) is 10.0. The molecule has 3 heteroatoms. The first kappa shape index (κ1) is 44.2. The molecule has 0 aromatic heterocycles. The number of esters is 1. The summed E-state index contributed by atoms with van der Waals surface area (Å²) in [6.45, 7) is 4.45. The molecule has 3 unspecified atom stereocenters. The standard InChI is InChI=1S/C45H79NO2/c1-5-7-9-11-13-15-17-19-21-23-25-27-29-31-33-35-39-42(48-45(47)43-40-36-37-41-44(43)46(3)4)38-34-32-30-28-26-24-22-20-18-16-14-12-10-8-6-2/h7,9,13,15,18,20,42-44H,5-6,8,10-12,14,16-17,22-41H2,1-4H3/b9-7-,15-13-,20-18-. The van der Waals surface area contributed by atoms with E-state index in [1.54, 1.807) is 0 Å². The molecule has 0 bridgehead atoms. The lowest BCUT2D eigenvalue weighted by Crippen LogP contribution is -2.43. The first-order valence-electron chi connectivity index (χ1n) is 20.9. The summed E-state index contributed by atoms with van der Waals surface area (Å²) in [6, 6.07) is 0.335. The Morgan fingerprint density at radius 2 is 1.23 bits per heavy atom. The van der Waals surface area contributed by atoms with Crippen molar-refractivity contribution in [3.63, 3.8) is 0 Å². The summed E-state index contributed by atoms with van der Waals surface area (Å²) in [5, 5.41) is 0. The number of carbonyl (C=O) groups is 1. The largest absolute Gasteiger partial charge is 0.462 e. The number of unbranched alkanes of at least 4 members (excludes halogenated alkanes) is 17. The van der Waals surface area contributed by atoms with Crippen LogP contribution in [0.2, 0.25) is 0 Å². The van der Waals surface area contributed by atoms with Gasteiger partial charge >= 0.3 is 5.97 Å². The smallest absolute Gasteiger partial charge is 0.310 e. The molecule has 0 aromatic rings. The van der Waals surface area contributed by atoms with Gasteiger partial charge < -0.3 is 9.64 Å². The van der Waals surface area contributed by atoms with Crippen LogP contribution in [0.25, 0.3) is 0 Å². The summed E-state index contributed by atoms with van der Waals surface area (Å²) in [6.07, 6.45) is 48.9. The Bertz CT molecular complexity index is 875. The zero-order chi connectivity index (χ0) is 34.8. The summed E-state index contributed by atoms with van der Waals surface area (Å²) in [4.78, 5) is 15.6. The van der Waals surface area contributed by atoms with Crippen LogP contribution in [0.5, 0.6) is 0 Å². The van der Waals surface area contributed by atoms with Crippen LogP contribution in [-0.4, -0.2) is 37.1 Å². The molecule has 1 aliphatic rings. The number of nitrogens with zero attached hydrogens (tertiary/aromatic N) is 1. The van der Waals surface area contributed by atoms with Crippen LogP contribution in [0.4, 0.5) is 0 Å². The van der Waals surface area contributed by atoms with Crippen LogP contribution < -0.4 is 0 Å². The van der Waals surface area contributed by atoms with E-state index in [1.165, 1.54) is 128 Å². The van der Waals surface area contributed by atoms with Gasteiger partial charge in [-0.1, -0.05) is 146 Å². The number of rotatable bonds is 30. The number of allylic oxidation sites excluding steroid dienone is 6. The maximum Gasteiger partial charge on any atom is 0.310 e. The van der Waals surface area contributed by atoms with Gasteiger partial charge in [0, 0.05) is 18.9 Å². The second kappa shape index (κ2) is 33.7. The highest BCUT2D eigenvalue weighted by Gasteiger charge is 2.34. The van der Waals surface area contributed by atoms with Crippen molar-refractivity contribution in [1.29, 1.82) is 0 Å². The molecular formula is C45H79NO2. The first-order valence-corrected chi connectivity index (χ1v) is 20.9. The molecule has 0 aromatic carbocycles. The normalized spacial score (nSPS) is 17.4. The van der Waals surface area contributed by atoms with Gasteiger partial charge in [0.1, 0.15) is 6.10 Å². The Kier molecular flexibility index (Phi) is 31.0. The molecular weight excluding hydrogens is 587 g/mol. The van der Waals surface area contributed by atoms with E-state index >= 15 is 0 Å². The molecule has 3 atom stereocenters. The van der Waals surface area contributed by atoms with Gasteiger partial charge in [0.25, 0.3) is 0 Å². The van der Waals surface area contributed by atoms with Gasteiger partial charge in [0.15, 0.2) is 0 Å². The van der Waals surface area contributed by atoms with Crippen molar-refractivity contribution >= 4 is 5.97 Å². The average Bonchev–Trinajstić information content (AvgIpc) is 3.09.